The van der Waals surface area contributed by atoms with E-state index < -0.39 is 37.0 Å². The van der Waals surface area contributed by atoms with Gasteiger partial charge in [0.15, 0.2) is 17.4 Å². The Morgan fingerprint density at radius 3 is 2.64 bits per heavy atom. The van der Waals surface area contributed by atoms with E-state index in [1.807, 2.05) is 0 Å². The van der Waals surface area contributed by atoms with Gasteiger partial charge in [-0.25, -0.2) is 4.98 Å². The Kier molecular flexibility index (Phi) is 4.40. The van der Waals surface area contributed by atoms with Gasteiger partial charge in [0.2, 0.25) is 11.9 Å². The third-order valence-corrected chi connectivity index (χ3v) is 5.68. The first-order valence-electron chi connectivity index (χ1n) is 7.80. The van der Waals surface area contributed by atoms with Gasteiger partial charge in [0, 0.05) is 0 Å². The van der Waals surface area contributed by atoms with Crippen molar-refractivity contribution in [2.24, 2.45) is 0 Å². The Labute approximate surface area is 143 Å². The molecule has 3 heterocycles. The summed E-state index contributed by atoms with van der Waals surface area (Å²) in [5.74, 6) is -0.160. The number of nitrogen functional groups attached to an aromatic ring is 2. The number of anilines is 2. The van der Waals surface area contributed by atoms with E-state index in [1.54, 1.807) is 0 Å². The molecule has 4 atom stereocenters. The van der Waals surface area contributed by atoms with Crippen LogP contribution in [0, 0.1) is 0 Å². The fraction of sp³-hybridized carbons (Fsp3) is 0.571. The molecule has 1 aliphatic rings. The number of fused-ring (bicyclic) bond motifs is 1. The van der Waals surface area contributed by atoms with Crippen LogP contribution < -0.4 is 17.0 Å². The minimum atomic E-state index is -1.30. The second-order valence-corrected chi connectivity index (χ2v) is 11.3. The number of ether oxygens (including phenoxy) is 1. The third kappa shape index (κ3) is 3.30. The number of aromatic nitrogens is 4. The number of aliphatic hydroxyl groups is 2. The highest BCUT2D eigenvalue weighted by atomic mass is 31.2. The number of nitrogens with zero attached hydrogens (tertiary/aromatic N) is 3. The molecular weight excluding hydrogens is 347 g/mol. The minimum Gasteiger partial charge on any atom is -0.388 e. The number of imidazole rings is 1. The Morgan fingerprint density at radius 1 is 1.32 bits per heavy atom. The number of aromatic amines is 1. The van der Waals surface area contributed by atoms with Gasteiger partial charge in [-0.2, -0.15) is 4.98 Å². The molecule has 2 aromatic heterocycles. The molecule has 0 aromatic carbocycles. The summed E-state index contributed by atoms with van der Waals surface area (Å²) in [5.41, 5.74) is 11.0. The van der Waals surface area contributed by atoms with Crippen molar-refractivity contribution in [2.45, 2.75) is 31.0 Å². The van der Waals surface area contributed by atoms with E-state index >= 15 is 0 Å². The van der Waals surface area contributed by atoms with Crippen molar-refractivity contribution >= 4 is 36.2 Å². The molecule has 1 fully saturated rings. The van der Waals surface area contributed by atoms with E-state index in [0.29, 0.717) is 6.42 Å². The number of rotatable bonds is 4. The Morgan fingerprint density at radius 2 is 2.00 bits per heavy atom. The normalized spacial score (nSPS) is 27.2. The summed E-state index contributed by atoms with van der Waals surface area (Å²) in [4.78, 5) is 22.3. The summed E-state index contributed by atoms with van der Waals surface area (Å²) < 4.78 is 7.13. The van der Waals surface area contributed by atoms with Crippen LogP contribution in [0.5, 0.6) is 0 Å². The highest BCUT2D eigenvalue weighted by molar-refractivity contribution is 7.72. The average Bonchev–Trinajstić information content (AvgIpc) is 2.95. The highest BCUT2D eigenvalue weighted by Gasteiger charge is 2.45. The number of nitrogens with two attached hydrogens (primary N) is 2. The van der Waals surface area contributed by atoms with Gasteiger partial charge in [-0.1, -0.05) is 0 Å². The second-order valence-electron chi connectivity index (χ2n) is 6.96. The first-order chi connectivity index (χ1) is 11.6. The number of aliphatic hydroxyl groups excluding tert-OH is 2. The summed E-state index contributed by atoms with van der Waals surface area (Å²) in [6, 6.07) is 0. The number of hydrogen-bond donors (Lipinski definition) is 5. The van der Waals surface area contributed by atoms with Crippen molar-refractivity contribution in [1.29, 1.82) is 0 Å². The van der Waals surface area contributed by atoms with E-state index in [4.69, 9.17) is 16.2 Å². The van der Waals surface area contributed by atoms with Gasteiger partial charge < -0.3 is 26.4 Å². The summed E-state index contributed by atoms with van der Waals surface area (Å²) >= 11 is 0. The van der Waals surface area contributed by atoms with E-state index in [2.05, 4.69) is 34.6 Å². The van der Waals surface area contributed by atoms with Gasteiger partial charge in [0.05, 0.1) is 6.10 Å². The smallest absolute Gasteiger partial charge is 0.280 e. The predicted molar refractivity (Wildman–Crippen MR) is 98.3 cm³/mol. The zero-order valence-corrected chi connectivity index (χ0v) is 15.0. The molecule has 3 rings (SSSR count). The van der Waals surface area contributed by atoms with Crippen molar-refractivity contribution < 1.29 is 14.9 Å². The lowest BCUT2D eigenvalue weighted by Gasteiger charge is -2.19. The Balaban J connectivity index is 1.97. The molecule has 1 saturated heterocycles. The van der Waals surface area contributed by atoms with Crippen LogP contribution in [-0.2, 0) is 4.74 Å². The van der Waals surface area contributed by atoms with Crippen LogP contribution in [0.2, 0.25) is 0 Å². The van der Waals surface area contributed by atoms with Crippen molar-refractivity contribution in [3.8, 4) is 0 Å². The van der Waals surface area contributed by atoms with Gasteiger partial charge >= 0.3 is 0 Å². The van der Waals surface area contributed by atoms with Crippen molar-refractivity contribution in [3.63, 3.8) is 0 Å². The third-order valence-electron chi connectivity index (χ3n) is 4.21. The zero-order chi connectivity index (χ0) is 18.5. The molecule has 2 aromatic rings. The molecule has 0 radical (unpaired) electrons. The van der Waals surface area contributed by atoms with Gasteiger partial charge in [-0.3, -0.25) is 14.3 Å². The molecule has 0 saturated carbocycles. The van der Waals surface area contributed by atoms with Crippen LogP contribution in [0.15, 0.2) is 4.79 Å². The topological polar surface area (TPSA) is 165 Å². The molecule has 0 aliphatic carbocycles. The fourth-order valence-electron chi connectivity index (χ4n) is 2.93. The maximum atomic E-state index is 11.9. The molecule has 0 bridgehead atoms. The van der Waals surface area contributed by atoms with Crippen LogP contribution in [0.25, 0.3) is 11.2 Å². The van der Waals surface area contributed by atoms with E-state index in [9.17, 15) is 15.0 Å². The van der Waals surface area contributed by atoms with Crippen molar-refractivity contribution in [2.75, 3.05) is 31.0 Å². The lowest BCUT2D eigenvalue weighted by molar-refractivity contribution is -0.0340. The van der Waals surface area contributed by atoms with Gasteiger partial charge in [0.25, 0.3) is 5.56 Å². The quantitative estimate of drug-likeness (QED) is 0.428. The molecule has 11 heteroatoms. The molecule has 10 nitrogen and oxygen atoms in total. The van der Waals surface area contributed by atoms with Crippen LogP contribution in [0.1, 0.15) is 12.6 Å². The maximum Gasteiger partial charge on any atom is 0.280 e. The van der Waals surface area contributed by atoms with E-state index in [1.165, 1.54) is 4.57 Å². The first-order valence-corrected chi connectivity index (χ1v) is 10.9. The largest absolute Gasteiger partial charge is 0.388 e. The highest BCUT2D eigenvalue weighted by Crippen LogP contribution is 2.40. The average molecular weight is 370 g/mol. The predicted octanol–water partition coefficient (Wildman–Crippen LogP) is -0.997. The number of nitrogens with one attached hydrogen (secondary N) is 1. The molecular formula is C14H23N6O4P. The maximum absolute atomic E-state index is 11.9. The van der Waals surface area contributed by atoms with Crippen molar-refractivity contribution in [1.82, 2.24) is 19.5 Å². The summed E-state index contributed by atoms with van der Waals surface area (Å²) in [6.45, 7) is 2.87. The second kappa shape index (κ2) is 6.14. The van der Waals surface area contributed by atoms with Crippen LogP contribution in [0.4, 0.5) is 11.9 Å². The molecule has 138 valence electrons. The van der Waals surface area contributed by atoms with Gasteiger partial charge in [-0.05, 0) is 25.9 Å². The van der Waals surface area contributed by atoms with E-state index in [-0.39, 0.29) is 23.1 Å². The van der Waals surface area contributed by atoms with Crippen LogP contribution >= 0.6 is 6.89 Å². The monoisotopic (exact) mass is 370 g/mol. The summed E-state index contributed by atoms with van der Waals surface area (Å²) in [5, 5.41) is 20.7. The minimum absolute atomic E-state index is 0.00902. The molecule has 7 N–H and O–H groups in total. The van der Waals surface area contributed by atoms with Gasteiger partial charge in [0.1, 0.15) is 12.2 Å². The molecule has 0 amide bonds. The Hall–Kier alpha value is -1.87. The lowest BCUT2D eigenvalue weighted by Crippen LogP contribution is -2.32. The molecule has 0 spiro atoms. The molecule has 1 unspecified atom stereocenters. The molecule has 1 aliphatic heterocycles. The van der Waals surface area contributed by atoms with Crippen LogP contribution in [-0.4, -0.2) is 73.8 Å². The van der Waals surface area contributed by atoms with Crippen molar-refractivity contribution in [3.05, 3.63) is 10.4 Å². The lowest BCUT2D eigenvalue weighted by atomic mass is 10.1. The van der Waals surface area contributed by atoms with Crippen LogP contribution in [0.3, 0.4) is 0 Å². The van der Waals surface area contributed by atoms with Gasteiger partial charge in [-0.15, -0.1) is 13.2 Å². The Bertz CT molecular complexity index is 903. The molecule has 25 heavy (non-hydrogen) atoms. The number of hydrogen-bond acceptors (Lipinski definition) is 8. The fourth-order valence-corrected chi connectivity index (χ4v) is 3.88. The standard InChI is InChI=1S/C14H23N6O4P/c1-25(2,3)5-4-6-8(21)9(22)12(24-6)20-10-7(17-14(20)16)11(23)19-13(15)18-10/h6,8-9,12,21-22H,1,4-5H2,2-3H3,(H2,16,17)(H3,15,18,19,23)/t6-,8-,9-,12?/m1/s1. The summed E-state index contributed by atoms with van der Waals surface area (Å²) in [6.07, 6.45) is 1.59. The first kappa shape index (κ1) is 17.9. The van der Waals surface area contributed by atoms with E-state index in [0.717, 1.165) is 6.16 Å². The SMILES string of the molecule is C=P(C)(C)CC[C@H]1OC(n2c(N)nc3c(=O)[nH]c(N)nc32)[C@H](O)[C@@H]1O. The summed E-state index contributed by atoms with van der Waals surface area (Å²) in [7, 11) is 0. The zero-order valence-electron chi connectivity index (χ0n) is 14.1. The number of H-pyrrole nitrogens is 1.